The fourth-order valence-electron chi connectivity index (χ4n) is 9.58. The van der Waals surface area contributed by atoms with E-state index in [2.05, 4.69) is 209 Å². The van der Waals surface area contributed by atoms with Gasteiger partial charge >= 0.3 is 0 Å². The van der Waals surface area contributed by atoms with Crippen molar-refractivity contribution in [2.75, 3.05) is 0 Å². The third-order valence-corrected chi connectivity index (χ3v) is 12.5. The molecule has 4 heterocycles. The van der Waals surface area contributed by atoms with E-state index < -0.39 is 0 Å². The molecule has 62 heavy (non-hydrogen) atoms. The van der Waals surface area contributed by atoms with Gasteiger partial charge in [-0.1, -0.05) is 158 Å². The van der Waals surface area contributed by atoms with Crippen LogP contribution in [0.15, 0.2) is 212 Å². The summed E-state index contributed by atoms with van der Waals surface area (Å²) in [4.78, 5) is 15.6. The summed E-state index contributed by atoms with van der Waals surface area (Å²) in [6.45, 7) is 0. The minimum atomic E-state index is 0.621. The maximum Gasteiger partial charge on any atom is 0.164 e. The zero-order valence-electron chi connectivity index (χ0n) is 33.4. The number of hydrogen-bond donors (Lipinski definition) is 0. The highest BCUT2D eigenvalue weighted by molar-refractivity contribution is 6.23. The summed E-state index contributed by atoms with van der Waals surface area (Å²) in [7, 11) is 0. The first-order valence-electron chi connectivity index (χ1n) is 21.0. The van der Waals surface area contributed by atoms with Crippen LogP contribution < -0.4 is 0 Å². The minimum Gasteiger partial charge on any atom is -0.313 e. The number of hydrogen-bond acceptors (Lipinski definition) is 3. The van der Waals surface area contributed by atoms with E-state index in [-0.39, 0.29) is 0 Å². The van der Waals surface area contributed by atoms with Gasteiger partial charge in [-0.2, -0.15) is 0 Å². The Morgan fingerprint density at radius 3 is 1.40 bits per heavy atom. The molecule has 0 aliphatic carbocycles. The van der Waals surface area contributed by atoms with Crippen LogP contribution in [-0.4, -0.2) is 23.9 Å². The van der Waals surface area contributed by atoms with Crippen LogP contribution in [-0.2, 0) is 0 Å². The Balaban J connectivity index is 0.990. The lowest BCUT2D eigenvalue weighted by Gasteiger charge is -2.22. The van der Waals surface area contributed by atoms with Crippen LogP contribution in [0.4, 0.5) is 0 Å². The number of rotatable bonds is 6. The van der Waals surface area contributed by atoms with Crippen molar-refractivity contribution in [1.82, 2.24) is 23.9 Å². The van der Waals surface area contributed by atoms with E-state index in [1.54, 1.807) is 0 Å². The number of pyridine rings is 1. The van der Waals surface area contributed by atoms with Crippen molar-refractivity contribution >= 4 is 49.0 Å². The fraction of sp³-hybridized carbons (Fsp3) is 0. The van der Waals surface area contributed by atoms with Crippen molar-refractivity contribution in [3.8, 4) is 73.2 Å². The molecule has 0 saturated heterocycles. The Labute approximate surface area is 357 Å². The number of aromatic nitrogens is 5. The van der Waals surface area contributed by atoms with Gasteiger partial charge in [-0.25, -0.2) is 15.0 Å². The third-order valence-electron chi connectivity index (χ3n) is 12.5. The molecule has 2 aliphatic heterocycles. The van der Waals surface area contributed by atoms with E-state index in [0.717, 1.165) is 50.1 Å². The first kappa shape index (κ1) is 34.5. The summed E-state index contributed by atoms with van der Waals surface area (Å²) in [5.74, 6) is 1.87. The third kappa shape index (κ3) is 5.38. The van der Waals surface area contributed by atoms with Crippen molar-refractivity contribution in [2.24, 2.45) is 0 Å². The summed E-state index contributed by atoms with van der Waals surface area (Å²) in [5.41, 5.74) is 15.5. The van der Waals surface area contributed by atoms with Gasteiger partial charge in [-0.05, 0) is 92.7 Å². The number of nitrogens with zero attached hydrogens (tertiary/aromatic N) is 5. The molecule has 11 aromatic rings. The van der Waals surface area contributed by atoms with Gasteiger partial charge in [0, 0.05) is 39.0 Å². The zero-order valence-corrected chi connectivity index (χ0v) is 33.4. The molecule has 0 saturated carbocycles. The van der Waals surface area contributed by atoms with Gasteiger partial charge in [-0.15, -0.1) is 0 Å². The van der Waals surface area contributed by atoms with Gasteiger partial charge < -0.3 is 8.97 Å². The summed E-state index contributed by atoms with van der Waals surface area (Å²) in [6, 6.07) is 73.3. The van der Waals surface area contributed by atoms with Crippen LogP contribution in [0.5, 0.6) is 0 Å². The maximum absolute atomic E-state index is 5.21. The van der Waals surface area contributed by atoms with E-state index in [0.29, 0.717) is 17.5 Å². The number of benzene rings is 9. The Morgan fingerprint density at radius 2 is 0.790 bits per heavy atom. The van der Waals surface area contributed by atoms with Crippen LogP contribution in [0.25, 0.3) is 122 Å². The second kappa shape index (κ2) is 13.6. The van der Waals surface area contributed by atoms with E-state index in [9.17, 15) is 0 Å². The molecule has 0 bridgehead atoms. The lowest BCUT2D eigenvalue weighted by atomic mass is 9.98. The van der Waals surface area contributed by atoms with Gasteiger partial charge in [0.15, 0.2) is 17.5 Å². The van der Waals surface area contributed by atoms with E-state index in [4.69, 9.17) is 15.0 Å². The first-order chi connectivity index (χ1) is 30.7. The molecule has 0 amide bonds. The second-order valence-corrected chi connectivity index (χ2v) is 16.1. The Morgan fingerprint density at radius 1 is 0.306 bits per heavy atom. The minimum absolute atomic E-state index is 0.621. The molecular formula is C57H35N5. The number of fused-ring (bicyclic) bond motifs is 6. The molecule has 0 spiro atoms. The maximum atomic E-state index is 5.21. The molecule has 2 aromatic heterocycles. The van der Waals surface area contributed by atoms with E-state index in [1.165, 1.54) is 54.7 Å². The standard InChI is InChI=1S/C57H35N5/c1-3-13-36(14-4-1)39-18-10-22-44(31-39)55-58-56(45-23-11-19-40(32-45)37-15-5-2-6-16-37)60-57(59-55)46-24-12-20-41(33-46)42-27-28-47-48-34-43-21-9-17-38-29-30-61-49-25-7-8-26-50(49)62(51(47)35-42)53(48)54(61)52(38)43/h1-35H. The SMILES string of the molecule is c1ccc(-c2cccc(-c3nc(-c4cccc(-c5ccccc5)c4)nc(-c4cccc(-c5ccc6c7cc8cccc9ccn%10c%11ccccc%11n(c6c5)c7c-%10c98)c4)n3)c2)cc1. The Hall–Kier alpha value is -8.41. The molecule has 0 N–H and O–H groups in total. The van der Waals surface area contributed by atoms with Crippen molar-refractivity contribution in [3.05, 3.63) is 212 Å². The molecule has 0 atom stereocenters. The smallest absolute Gasteiger partial charge is 0.164 e. The molecule has 288 valence electrons. The van der Waals surface area contributed by atoms with Gasteiger partial charge in [-0.3, -0.25) is 0 Å². The van der Waals surface area contributed by atoms with Crippen molar-refractivity contribution in [2.45, 2.75) is 0 Å². The van der Waals surface area contributed by atoms with Gasteiger partial charge in [0.25, 0.3) is 0 Å². The molecule has 5 heteroatoms. The predicted octanol–water partition coefficient (Wildman–Crippen LogP) is 14.4. The van der Waals surface area contributed by atoms with Crippen LogP contribution in [0.1, 0.15) is 0 Å². The van der Waals surface area contributed by atoms with Gasteiger partial charge in [0.2, 0.25) is 0 Å². The molecule has 13 rings (SSSR count). The molecule has 0 fully saturated rings. The monoisotopic (exact) mass is 789 g/mol. The molecule has 0 radical (unpaired) electrons. The van der Waals surface area contributed by atoms with Crippen molar-refractivity contribution < 1.29 is 0 Å². The summed E-state index contributed by atoms with van der Waals surface area (Å²) in [5, 5.41) is 6.29. The van der Waals surface area contributed by atoms with E-state index >= 15 is 0 Å². The van der Waals surface area contributed by atoms with Crippen molar-refractivity contribution in [1.29, 1.82) is 0 Å². The van der Waals surface area contributed by atoms with Crippen LogP contribution in [0, 0.1) is 0 Å². The second-order valence-electron chi connectivity index (χ2n) is 16.1. The average Bonchev–Trinajstić information content (AvgIpc) is 3.68. The van der Waals surface area contributed by atoms with Crippen LogP contribution in [0.3, 0.4) is 0 Å². The quantitative estimate of drug-likeness (QED) is 0.125. The summed E-state index contributed by atoms with van der Waals surface area (Å²) in [6.07, 6.45) is 2.23. The van der Waals surface area contributed by atoms with Gasteiger partial charge in [0.05, 0.1) is 27.8 Å². The Bertz CT molecular complexity index is 3700. The highest BCUT2D eigenvalue weighted by Gasteiger charge is 2.24. The topological polar surface area (TPSA) is 48.0 Å². The lowest BCUT2D eigenvalue weighted by molar-refractivity contribution is 1.07. The molecule has 5 nitrogen and oxygen atoms in total. The number of para-hydroxylation sites is 2. The normalized spacial score (nSPS) is 11.9. The van der Waals surface area contributed by atoms with Crippen molar-refractivity contribution in [3.63, 3.8) is 0 Å². The molecule has 9 aromatic carbocycles. The highest BCUT2D eigenvalue weighted by Crippen LogP contribution is 2.44. The van der Waals surface area contributed by atoms with Crippen LogP contribution in [0.2, 0.25) is 0 Å². The summed E-state index contributed by atoms with van der Waals surface area (Å²) < 4.78 is 4.86. The van der Waals surface area contributed by atoms with Crippen LogP contribution >= 0.6 is 0 Å². The first-order valence-corrected chi connectivity index (χ1v) is 21.0. The zero-order chi connectivity index (χ0) is 40.7. The summed E-state index contributed by atoms with van der Waals surface area (Å²) >= 11 is 0. The lowest BCUT2D eigenvalue weighted by Crippen LogP contribution is -2.06. The van der Waals surface area contributed by atoms with Gasteiger partial charge in [0.1, 0.15) is 0 Å². The fourth-order valence-corrected chi connectivity index (χ4v) is 9.58. The van der Waals surface area contributed by atoms with E-state index in [1.807, 2.05) is 12.1 Å². The largest absolute Gasteiger partial charge is 0.313 e. The molecular weight excluding hydrogens is 755 g/mol. The highest BCUT2D eigenvalue weighted by atomic mass is 15.1. The average molecular weight is 790 g/mol. The molecule has 0 unspecified atom stereocenters. The Kier molecular flexibility index (Phi) is 7.54. The molecule has 2 aliphatic rings. The predicted molar refractivity (Wildman–Crippen MR) is 255 cm³/mol.